The number of hydrogen-bond donors (Lipinski definition) is 1. The summed E-state index contributed by atoms with van der Waals surface area (Å²) in [5.41, 5.74) is 1.80. The van der Waals surface area contributed by atoms with Gasteiger partial charge in [-0.1, -0.05) is 18.5 Å². The molecule has 0 saturated carbocycles. The van der Waals surface area contributed by atoms with Crippen LogP contribution in [0.4, 0.5) is 0 Å². The van der Waals surface area contributed by atoms with Crippen LogP contribution >= 0.6 is 11.6 Å². The van der Waals surface area contributed by atoms with E-state index in [4.69, 9.17) is 11.6 Å². The smallest absolute Gasteiger partial charge is 0.321 e. The van der Waals surface area contributed by atoms with Crippen LogP contribution < -0.4 is 0 Å². The molecule has 18 heavy (non-hydrogen) atoms. The Balaban J connectivity index is 2.21. The zero-order chi connectivity index (χ0) is 13.4. The van der Waals surface area contributed by atoms with E-state index in [0.29, 0.717) is 11.7 Å². The highest BCUT2D eigenvalue weighted by atomic mass is 35.5. The summed E-state index contributed by atoms with van der Waals surface area (Å²) in [4.78, 5) is 13.3. The van der Waals surface area contributed by atoms with Crippen molar-refractivity contribution in [2.24, 2.45) is 13.0 Å². The number of carboxylic acids is 1. The first-order valence-corrected chi connectivity index (χ1v) is 6.44. The summed E-state index contributed by atoms with van der Waals surface area (Å²) < 4.78 is 1.63. The van der Waals surface area contributed by atoms with Gasteiger partial charge in [-0.25, -0.2) is 0 Å². The van der Waals surface area contributed by atoms with Crippen molar-refractivity contribution < 1.29 is 9.90 Å². The molecule has 0 aliphatic carbocycles. The Hall–Kier alpha value is -1.07. The van der Waals surface area contributed by atoms with Crippen LogP contribution in [-0.2, 0) is 18.4 Å². The number of nitrogens with zero attached hydrogens (tertiary/aromatic N) is 3. The molecule has 1 aromatic heterocycles. The molecular formula is C12H18ClN3O2. The fraction of sp³-hybridized carbons (Fsp3) is 0.667. The van der Waals surface area contributed by atoms with Crippen LogP contribution in [0.2, 0.25) is 5.15 Å². The number of carbonyl (C=O) groups is 1. The Kier molecular flexibility index (Phi) is 3.64. The summed E-state index contributed by atoms with van der Waals surface area (Å²) in [6.07, 6.45) is 0.911. The van der Waals surface area contributed by atoms with Crippen LogP contribution in [0.15, 0.2) is 0 Å². The van der Waals surface area contributed by atoms with Gasteiger partial charge in [0.2, 0.25) is 0 Å². The quantitative estimate of drug-likeness (QED) is 0.909. The van der Waals surface area contributed by atoms with Gasteiger partial charge in [0.1, 0.15) is 11.2 Å². The molecule has 1 saturated heterocycles. The molecule has 1 aliphatic rings. The SMILES string of the molecule is Cc1nn(C)c(Cl)c1CN1CCC(C)C1C(=O)O. The second-order valence-corrected chi connectivity index (χ2v) is 5.36. The van der Waals surface area contributed by atoms with E-state index < -0.39 is 12.0 Å². The first-order chi connectivity index (χ1) is 8.41. The van der Waals surface area contributed by atoms with Crippen molar-refractivity contribution in [1.29, 1.82) is 0 Å². The number of aromatic nitrogens is 2. The number of aryl methyl sites for hydroxylation is 2. The Morgan fingerprint density at radius 2 is 2.28 bits per heavy atom. The van der Waals surface area contributed by atoms with E-state index in [2.05, 4.69) is 5.10 Å². The van der Waals surface area contributed by atoms with Gasteiger partial charge >= 0.3 is 5.97 Å². The van der Waals surface area contributed by atoms with E-state index >= 15 is 0 Å². The number of aliphatic carboxylic acids is 1. The highest BCUT2D eigenvalue weighted by molar-refractivity contribution is 6.30. The molecule has 5 nitrogen and oxygen atoms in total. The van der Waals surface area contributed by atoms with Gasteiger partial charge < -0.3 is 5.11 Å². The van der Waals surface area contributed by atoms with Crippen molar-refractivity contribution in [3.8, 4) is 0 Å². The zero-order valence-electron chi connectivity index (χ0n) is 10.9. The van der Waals surface area contributed by atoms with Crippen LogP contribution in [0, 0.1) is 12.8 Å². The lowest BCUT2D eigenvalue weighted by molar-refractivity contribution is -0.143. The first kappa shape index (κ1) is 13.4. The third-order valence-electron chi connectivity index (χ3n) is 3.69. The maximum atomic E-state index is 11.3. The van der Waals surface area contributed by atoms with Crippen molar-refractivity contribution in [2.75, 3.05) is 6.54 Å². The summed E-state index contributed by atoms with van der Waals surface area (Å²) in [5, 5.41) is 14.1. The average Bonchev–Trinajstić information content (AvgIpc) is 2.75. The van der Waals surface area contributed by atoms with Crippen molar-refractivity contribution in [2.45, 2.75) is 32.9 Å². The Labute approximate surface area is 111 Å². The Bertz CT molecular complexity index is 472. The Morgan fingerprint density at radius 3 is 2.78 bits per heavy atom. The third-order valence-corrected chi connectivity index (χ3v) is 4.16. The second kappa shape index (κ2) is 4.90. The predicted molar refractivity (Wildman–Crippen MR) is 68.6 cm³/mol. The molecule has 1 aromatic rings. The van der Waals surface area contributed by atoms with E-state index in [1.54, 1.807) is 11.7 Å². The standard InChI is InChI=1S/C12H18ClN3O2/c1-7-4-5-16(10(7)12(17)18)6-9-8(2)14-15(3)11(9)13/h7,10H,4-6H2,1-3H3,(H,17,18). The number of carboxylic acid groups (broad SMARTS) is 1. The highest BCUT2D eigenvalue weighted by Gasteiger charge is 2.37. The molecule has 0 amide bonds. The monoisotopic (exact) mass is 271 g/mol. The van der Waals surface area contributed by atoms with Gasteiger partial charge in [-0.3, -0.25) is 14.4 Å². The van der Waals surface area contributed by atoms with Crippen molar-refractivity contribution in [3.63, 3.8) is 0 Å². The van der Waals surface area contributed by atoms with E-state index in [-0.39, 0.29) is 5.92 Å². The minimum Gasteiger partial charge on any atom is -0.480 e. The summed E-state index contributed by atoms with van der Waals surface area (Å²) >= 11 is 6.18. The van der Waals surface area contributed by atoms with Gasteiger partial charge in [-0.2, -0.15) is 5.10 Å². The second-order valence-electron chi connectivity index (χ2n) is 5.00. The summed E-state index contributed by atoms with van der Waals surface area (Å²) in [7, 11) is 1.79. The summed E-state index contributed by atoms with van der Waals surface area (Å²) in [6.45, 7) is 5.23. The van der Waals surface area contributed by atoms with Crippen LogP contribution in [0.25, 0.3) is 0 Å². The summed E-state index contributed by atoms with van der Waals surface area (Å²) in [5.74, 6) is -0.573. The maximum absolute atomic E-state index is 11.3. The normalized spacial score (nSPS) is 24.7. The van der Waals surface area contributed by atoms with Crippen LogP contribution in [-0.4, -0.2) is 38.3 Å². The molecule has 1 N–H and O–H groups in total. The molecule has 0 spiro atoms. The molecular weight excluding hydrogens is 254 g/mol. The zero-order valence-corrected chi connectivity index (χ0v) is 11.6. The first-order valence-electron chi connectivity index (χ1n) is 6.06. The van der Waals surface area contributed by atoms with Crippen molar-refractivity contribution >= 4 is 17.6 Å². The highest BCUT2D eigenvalue weighted by Crippen LogP contribution is 2.28. The topological polar surface area (TPSA) is 58.4 Å². The molecule has 2 heterocycles. The van der Waals surface area contributed by atoms with Crippen LogP contribution in [0.3, 0.4) is 0 Å². The number of likely N-dealkylation sites (tertiary alicyclic amines) is 1. The largest absolute Gasteiger partial charge is 0.480 e. The van der Waals surface area contributed by atoms with E-state index in [0.717, 1.165) is 24.2 Å². The van der Waals surface area contributed by atoms with Gasteiger partial charge in [-0.05, 0) is 25.8 Å². The lowest BCUT2D eigenvalue weighted by Crippen LogP contribution is -2.38. The molecule has 0 radical (unpaired) electrons. The fourth-order valence-electron chi connectivity index (χ4n) is 2.66. The third kappa shape index (κ3) is 2.24. The molecule has 0 aromatic carbocycles. The fourth-order valence-corrected chi connectivity index (χ4v) is 2.89. The molecule has 6 heteroatoms. The molecule has 2 rings (SSSR count). The van der Waals surface area contributed by atoms with Gasteiger partial charge in [0.25, 0.3) is 0 Å². The minimum absolute atomic E-state index is 0.179. The lowest BCUT2D eigenvalue weighted by Gasteiger charge is -2.22. The molecule has 1 fully saturated rings. The van der Waals surface area contributed by atoms with Crippen molar-refractivity contribution in [1.82, 2.24) is 14.7 Å². The van der Waals surface area contributed by atoms with E-state index in [1.165, 1.54) is 0 Å². The number of halogens is 1. The average molecular weight is 272 g/mol. The molecule has 2 unspecified atom stereocenters. The minimum atomic E-state index is -0.752. The predicted octanol–water partition coefficient (Wildman–Crippen LogP) is 1.68. The molecule has 0 bridgehead atoms. The summed E-state index contributed by atoms with van der Waals surface area (Å²) in [6, 6.07) is -0.416. The van der Waals surface area contributed by atoms with Crippen LogP contribution in [0.1, 0.15) is 24.6 Å². The van der Waals surface area contributed by atoms with E-state index in [1.807, 2.05) is 18.7 Å². The maximum Gasteiger partial charge on any atom is 0.321 e. The van der Waals surface area contributed by atoms with Gasteiger partial charge in [0, 0.05) is 19.2 Å². The number of hydrogen-bond acceptors (Lipinski definition) is 3. The van der Waals surface area contributed by atoms with Crippen molar-refractivity contribution in [3.05, 3.63) is 16.4 Å². The van der Waals surface area contributed by atoms with Gasteiger partial charge in [0.15, 0.2) is 0 Å². The molecule has 100 valence electrons. The molecule has 2 atom stereocenters. The van der Waals surface area contributed by atoms with Gasteiger partial charge in [-0.15, -0.1) is 0 Å². The molecule has 1 aliphatic heterocycles. The Morgan fingerprint density at radius 1 is 1.61 bits per heavy atom. The lowest BCUT2D eigenvalue weighted by atomic mass is 10.0. The van der Waals surface area contributed by atoms with E-state index in [9.17, 15) is 9.90 Å². The number of rotatable bonds is 3. The van der Waals surface area contributed by atoms with Gasteiger partial charge in [0.05, 0.1) is 5.69 Å². The van der Waals surface area contributed by atoms with Crippen LogP contribution in [0.5, 0.6) is 0 Å².